The lowest BCUT2D eigenvalue weighted by atomic mass is 10.5. The summed E-state index contributed by atoms with van der Waals surface area (Å²) < 4.78 is 0. The van der Waals surface area contributed by atoms with Crippen molar-refractivity contribution in [1.82, 2.24) is 19.9 Å². The highest BCUT2D eigenvalue weighted by Gasteiger charge is 2.10. The van der Waals surface area contributed by atoms with Gasteiger partial charge in [-0.1, -0.05) is 0 Å². The fourth-order valence-corrected chi connectivity index (χ4v) is 2.41. The van der Waals surface area contributed by atoms with E-state index in [1.807, 2.05) is 11.8 Å². The first kappa shape index (κ1) is 11.2. The minimum atomic E-state index is 0.143. The second kappa shape index (κ2) is 5.17. The molecule has 0 unspecified atom stereocenters. The van der Waals surface area contributed by atoms with Crippen molar-refractivity contribution in [3.05, 3.63) is 0 Å². The van der Waals surface area contributed by atoms with Gasteiger partial charge >= 0.3 is 0 Å². The average Bonchev–Trinajstić information content (AvgIpc) is 2.27. The van der Waals surface area contributed by atoms with Gasteiger partial charge < -0.3 is 16.8 Å². The molecule has 0 bridgehead atoms. The van der Waals surface area contributed by atoms with Gasteiger partial charge in [0.15, 0.2) is 0 Å². The summed E-state index contributed by atoms with van der Waals surface area (Å²) in [6.45, 7) is 2.87. The van der Waals surface area contributed by atoms with Gasteiger partial charge in [-0.2, -0.15) is 26.7 Å². The Labute approximate surface area is 98.0 Å². The van der Waals surface area contributed by atoms with Gasteiger partial charge in [-0.05, 0) is 0 Å². The van der Waals surface area contributed by atoms with E-state index in [1.54, 1.807) is 0 Å². The van der Waals surface area contributed by atoms with Crippen molar-refractivity contribution in [3.63, 3.8) is 0 Å². The number of hydrogen-bond acceptors (Lipinski definition) is 8. The maximum Gasteiger partial charge on any atom is 0.230 e. The van der Waals surface area contributed by atoms with Gasteiger partial charge in [-0.3, -0.25) is 4.90 Å². The smallest absolute Gasteiger partial charge is 0.230 e. The lowest BCUT2D eigenvalue weighted by Gasteiger charge is -2.26. The highest BCUT2D eigenvalue weighted by atomic mass is 32.2. The average molecular weight is 241 g/mol. The summed E-state index contributed by atoms with van der Waals surface area (Å²) in [5.41, 5.74) is 10.9. The number of nitrogens with zero attached hydrogens (tertiary/aromatic N) is 4. The number of aromatic nitrogens is 3. The molecule has 16 heavy (non-hydrogen) atoms. The Balaban J connectivity index is 1.88. The number of hydrogen-bond donors (Lipinski definition) is 3. The zero-order valence-corrected chi connectivity index (χ0v) is 9.70. The first-order valence-corrected chi connectivity index (χ1v) is 6.20. The quantitative estimate of drug-likeness (QED) is 0.647. The van der Waals surface area contributed by atoms with Crippen molar-refractivity contribution in [3.8, 4) is 0 Å². The molecular weight excluding hydrogens is 226 g/mol. The van der Waals surface area contributed by atoms with Crippen molar-refractivity contribution >= 4 is 29.6 Å². The van der Waals surface area contributed by atoms with Crippen LogP contribution in [-0.2, 0) is 0 Å². The normalized spacial score (nSPS) is 17.2. The van der Waals surface area contributed by atoms with Crippen LogP contribution in [0.25, 0.3) is 0 Å². The Morgan fingerprint density at radius 1 is 1.12 bits per heavy atom. The molecule has 1 aromatic rings. The molecule has 0 atom stereocenters. The molecule has 0 saturated carbocycles. The number of anilines is 3. The molecule has 0 aromatic carbocycles. The third-order valence-corrected chi connectivity index (χ3v) is 3.18. The van der Waals surface area contributed by atoms with Gasteiger partial charge in [0.1, 0.15) is 0 Å². The van der Waals surface area contributed by atoms with Crippen LogP contribution in [0.5, 0.6) is 0 Å². The molecule has 88 valence electrons. The summed E-state index contributed by atoms with van der Waals surface area (Å²) in [7, 11) is 0. The Kier molecular flexibility index (Phi) is 3.62. The van der Waals surface area contributed by atoms with E-state index in [-0.39, 0.29) is 11.9 Å². The van der Waals surface area contributed by atoms with E-state index in [0.29, 0.717) is 12.6 Å². The Hall–Kier alpha value is -1.28. The second-order valence-corrected chi connectivity index (χ2v) is 4.67. The molecule has 1 aliphatic rings. The van der Waals surface area contributed by atoms with Gasteiger partial charge in [0.25, 0.3) is 0 Å². The number of nitrogens with two attached hydrogens (primary N) is 2. The van der Waals surface area contributed by atoms with E-state index in [2.05, 4.69) is 25.2 Å². The van der Waals surface area contributed by atoms with Crippen LogP contribution < -0.4 is 16.8 Å². The van der Waals surface area contributed by atoms with Crippen molar-refractivity contribution in [1.29, 1.82) is 0 Å². The lowest BCUT2D eigenvalue weighted by molar-refractivity contribution is 0.324. The molecule has 2 rings (SSSR count). The van der Waals surface area contributed by atoms with Crippen molar-refractivity contribution in [2.45, 2.75) is 0 Å². The second-order valence-electron chi connectivity index (χ2n) is 3.44. The number of nitrogen functional groups attached to an aromatic ring is 2. The largest absolute Gasteiger partial charge is 0.368 e. The molecular formula is C8H15N7S. The Morgan fingerprint density at radius 2 is 1.75 bits per heavy atom. The molecule has 1 saturated heterocycles. The minimum Gasteiger partial charge on any atom is -0.368 e. The van der Waals surface area contributed by atoms with Crippen molar-refractivity contribution < 1.29 is 0 Å². The monoisotopic (exact) mass is 241 g/mol. The molecule has 7 nitrogen and oxygen atoms in total. The Bertz CT molecular complexity index is 332. The lowest BCUT2D eigenvalue weighted by Crippen LogP contribution is -2.36. The number of thioether (sulfide) groups is 1. The summed E-state index contributed by atoms with van der Waals surface area (Å²) in [5, 5.41) is 3.09. The predicted octanol–water partition coefficient (Wildman–Crippen LogP) is -0.546. The van der Waals surface area contributed by atoms with Crippen LogP contribution in [-0.4, -0.2) is 51.1 Å². The van der Waals surface area contributed by atoms with Crippen molar-refractivity contribution in [2.75, 3.05) is 48.0 Å². The van der Waals surface area contributed by atoms with Gasteiger partial charge in [0, 0.05) is 24.6 Å². The van der Waals surface area contributed by atoms with Crippen LogP contribution in [0.3, 0.4) is 0 Å². The van der Waals surface area contributed by atoms with Crippen LogP contribution in [0.15, 0.2) is 0 Å². The molecule has 0 spiro atoms. The summed E-state index contributed by atoms with van der Waals surface area (Å²) in [6, 6.07) is 0. The third-order valence-electron chi connectivity index (χ3n) is 2.23. The molecule has 2 heterocycles. The molecule has 1 fully saturated rings. The maximum absolute atomic E-state index is 5.47. The van der Waals surface area contributed by atoms with E-state index in [1.165, 1.54) is 11.5 Å². The SMILES string of the molecule is Nc1nc(N)nc(NCN2CCSCC2)n1. The van der Waals surface area contributed by atoms with Gasteiger partial charge in [0.2, 0.25) is 17.8 Å². The fourth-order valence-electron chi connectivity index (χ4n) is 1.43. The number of rotatable bonds is 3. The van der Waals surface area contributed by atoms with Crippen LogP contribution in [0.1, 0.15) is 0 Å². The van der Waals surface area contributed by atoms with Gasteiger partial charge in [-0.15, -0.1) is 0 Å². The van der Waals surface area contributed by atoms with E-state index in [4.69, 9.17) is 11.5 Å². The first-order chi connectivity index (χ1) is 7.74. The summed E-state index contributed by atoms with van der Waals surface area (Å²) in [4.78, 5) is 13.9. The van der Waals surface area contributed by atoms with Gasteiger partial charge in [-0.25, -0.2) is 0 Å². The first-order valence-electron chi connectivity index (χ1n) is 5.05. The summed E-state index contributed by atoms with van der Waals surface area (Å²) >= 11 is 1.97. The predicted molar refractivity (Wildman–Crippen MR) is 66.0 cm³/mol. The summed E-state index contributed by atoms with van der Waals surface area (Å²) in [5.74, 6) is 3.06. The van der Waals surface area contributed by atoms with Crippen molar-refractivity contribution in [2.24, 2.45) is 0 Å². The molecule has 5 N–H and O–H groups in total. The highest BCUT2D eigenvalue weighted by molar-refractivity contribution is 7.99. The maximum atomic E-state index is 5.47. The Morgan fingerprint density at radius 3 is 2.38 bits per heavy atom. The molecule has 0 aliphatic carbocycles. The zero-order valence-electron chi connectivity index (χ0n) is 8.89. The van der Waals surface area contributed by atoms with E-state index in [0.717, 1.165) is 13.1 Å². The van der Waals surface area contributed by atoms with Crippen LogP contribution in [0, 0.1) is 0 Å². The molecule has 1 aliphatic heterocycles. The molecule has 0 radical (unpaired) electrons. The standard InChI is InChI=1S/C8H15N7S/c9-6-12-7(10)14-8(13-6)11-5-15-1-3-16-4-2-15/h1-5H2,(H5,9,10,11,12,13,14). The third kappa shape index (κ3) is 3.11. The molecule has 0 amide bonds. The van der Waals surface area contributed by atoms with Gasteiger partial charge in [0.05, 0.1) is 6.67 Å². The van der Waals surface area contributed by atoms with E-state index >= 15 is 0 Å². The highest BCUT2D eigenvalue weighted by Crippen LogP contribution is 2.09. The van der Waals surface area contributed by atoms with Crippen LogP contribution in [0.4, 0.5) is 17.8 Å². The molecule has 8 heteroatoms. The fraction of sp³-hybridized carbons (Fsp3) is 0.625. The number of nitrogens with one attached hydrogen (secondary N) is 1. The minimum absolute atomic E-state index is 0.143. The van der Waals surface area contributed by atoms with E-state index < -0.39 is 0 Å². The van der Waals surface area contributed by atoms with E-state index in [9.17, 15) is 0 Å². The summed E-state index contributed by atoms with van der Waals surface area (Å²) in [6.07, 6.45) is 0. The molecule has 1 aromatic heterocycles. The zero-order chi connectivity index (χ0) is 11.4. The topological polar surface area (TPSA) is 106 Å². The van der Waals surface area contributed by atoms with Crippen LogP contribution >= 0.6 is 11.8 Å². The van der Waals surface area contributed by atoms with Crippen LogP contribution in [0.2, 0.25) is 0 Å².